The van der Waals surface area contributed by atoms with Crippen molar-refractivity contribution in [3.8, 4) is 5.75 Å². The smallest absolute Gasteiger partial charge is 0.344 e. The second-order valence-electron chi connectivity index (χ2n) is 4.99. The monoisotopic (exact) mass is 258 g/mol. The van der Waals surface area contributed by atoms with Gasteiger partial charge in [0.25, 0.3) is 0 Å². The van der Waals surface area contributed by atoms with Crippen LogP contribution in [0.2, 0.25) is 0 Å². The van der Waals surface area contributed by atoms with Crippen LogP contribution in [0.15, 0.2) is 46.1 Å². The van der Waals surface area contributed by atoms with Gasteiger partial charge in [0.05, 0.1) is 10.9 Å². The van der Waals surface area contributed by atoms with Crippen molar-refractivity contribution in [2.24, 2.45) is 0 Å². The number of para-hydroxylation sites is 1. The fourth-order valence-corrected chi connectivity index (χ4v) is 2.56. The molecule has 98 valence electrons. The van der Waals surface area contributed by atoms with Crippen LogP contribution in [0.5, 0.6) is 5.75 Å². The number of hydrogen-bond acceptors (Lipinski definition) is 4. The molecule has 2 atom stereocenters. The fourth-order valence-electron chi connectivity index (χ4n) is 2.56. The molecule has 4 heteroatoms. The van der Waals surface area contributed by atoms with Gasteiger partial charge in [0.1, 0.15) is 11.3 Å². The molecule has 1 aliphatic rings. The summed E-state index contributed by atoms with van der Waals surface area (Å²) < 4.78 is 10.8. The number of aliphatic hydroxyl groups excluding tert-OH is 1. The molecule has 0 bridgehead atoms. The number of hydrogen-bond donors (Lipinski definition) is 1. The van der Waals surface area contributed by atoms with E-state index in [2.05, 4.69) is 6.58 Å². The van der Waals surface area contributed by atoms with Crippen LogP contribution in [0.25, 0.3) is 11.0 Å². The van der Waals surface area contributed by atoms with Crippen LogP contribution in [0.3, 0.4) is 0 Å². The number of aliphatic hydroxyl groups is 1. The summed E-state index contributed by atoms with van der Waals surface area (Å²) in [4.78, 5) is 12.2. The van der Waals surface area contributed by atoms with Gasteiger partial charge in [-0.1, -0.05) is 25.1 Å². The minimum absolute atomic E-state index is 0.284. The van der Waals surface area contributed by atoms with Crippen molar-refractivity contribution < 1.29 is 14.3 Å². The number of ether oxygens (including phenoxy) is 1. The van der Waals surface area contributed by atoms with E-state index in [1.165, 1.54) is 0 Å². The first-order valence-corrected chi connectivity index (χ1v) is 6.10. The van der Waals surface area contributed by atoms with E-state index in [1.807, 2.05) is 13.0 Å². The number of allylic oxidation sites excluding steroid dienone is 1. The molecule has 0 aliphatic carbocycles. The first-order chi connectivity index (χ1) is 9.05. The third-order valence-electron chi connectivity index (χ3n) is 3.64. The molecular weight excluding hydrogens is 244 g/mol. The van der Waals surface area contributed by atoms with E-state index >= 15 is 0 Å². The van der Waals surface area contributed by atoms with Crippen molar-refractivity contribution in [2.75, 3.05) is 0 Å². The van der Waals surface area contributed by atoms with Crippen molar-refractivity contribution in [3.63, 3.8) is 0 Å². The standard InChI is InChI=1S/C15H14O4/c1-3-15(2)8-11(16)19-13-9-6-4-5-7-10(9)18-14(17)12(13)15/h3-7,11,16H,1,8H2,2H3/t11?,15-/m0/s1. The lowest BCUT2D eigenvalue weighted by molar-refractivity contribution is -0.0458. The third-order valence-corrected chi connectivity index (χ3v) is 3.64. The average Bonchev–Trinajstić information content (AvgIpc) is 2.38. The maximum absolute atomic E-state index is 12.2. The van der Waals surface area contributed by atoms with Crippen molar-refractivity contribution in [3.05, 3.63) is 52.9 Å². The second-order valence-corrected chi connectivity index (χ2v) is 4.99. The Balaban J connectivity index is 2.44. The number of benzene rings is 1. The highest BCUT2D eigenvalue weighted by molar-refractivity contribution is 5.85. The summed E-state index contributed by atoms with van der Waals surface area (Å²) in [5.41, 5.74) is -0.223. The van der Waals surface area contributed by atoms with Gasteiger partial charge in [0.15, 0.2) is 6.29 Å². The summed E-state index contributed by atoms with van der Waals surface area (Å²) in [6.45, 7) is 5.61. The molecule has 4 nitrogen and oxygen atoms in total. The Kier molecular flexibility index (Phi) is 2.50. The lowest BCUT2D eigenvalue weighted by Gasteiger charge is -2.34. The zero-order valence-corrected chi connectivity index (χ0v) is 10.6. The van der Waals surface area contributed by atoms with E-state index in [4.69, 9.17) is 9.15 Å². The van der Waals surface area contributed by atoms with Crippen LogP contribution >= 0.6 is 0 Å². The quantitative estimate of drug-likeness (QED) is 0.630. The predicted molar refractivity (Wildman–Crippen MR) is 71.3 cm³/mol. The average molecular weight is 258 g/mol. The Morgan fingerprint density at radius 3 is 2.95 bits per heavy atom. The fraction of sp³-hybridized carbons (Fsp3) is 0.267. The second kappa shape index (κ2) is 3.96. The summed E-state index contributed by atoms with van der Waals surface area (Å²) in [6.07, 6.45) is 0.983. The lowest BCUT2D eigenvalue weighted by atomic mass is 9.78. The molecule has 1 unspecified atom stereocenters. The van der Waals surface area contributed by atoms with Crippen molar-refractivity contribution in [1.82, 2.24) is 0 Å². The molecule has 2 aromatic rings. The maximum Gasteiger partial charge on any atom is 0.344 e. The predicted octanol–water partition coefficient (Wildman–Crippen LogP) is 2.34. The van der Waals surface area contributed by atoms with Crippen LogP contribution in [0.4, 0.5) is 0 Å². The van der Waals surface area contributed by atoms with Crippen molar-refractivity contribution in [1.29, 1.82) is 0 Å². The summed E-state index contributed by atoms with van der Waals surface area (Å²) in [5, 5.41) is 10.6. The molecule has 2 heterocycles. The van der Waals surface area contributed by atoms with Gasteiger partial charge >= 0.3 is 5.63 Å². The third kappa shape index (κ3) is 1.68. The molecule has 0 spiro atoms. The molecule has 0 saturated heterocycles. The summed E-state index contributed by atoms with van der Waals surface area (Å²) in [5.74, 6) is 0.396. The molecule has 0 amide bonds. The van der Waals surface area contributed by atoms with Gasteiger partial charge in [-0.05, 0) is 12.1 Å². The van der Waals surface area contributed by atoms with Gasteiger partial charge in [0, 0.05) is 11.8 Å². The van der Waals surface area contributed by atoms with Crippen LogP contribution in [0, 0.1) is 0 Å². The number of rotatable bonds is 1. The molecule has 19 heavy (non-hydrogen) atoms. The van der Waals surface area contributed by atoms with Gasteiger partial charge in [-0.25, -0.2) is 4.79 Å². The molecule has 1 aliphatic heterocycles. The molecular formula is C15H14O4. The van der Waals surface area contributed by atoms with Gasteiger partial charge in [-0.2, -0.15) is 0 Å². The largest absolute Gasteiger partial charge is 0.464 e. The van der Waals surface area contributed by atoms with Gasteiger partial charge in [0.2, 0.25) is 0 Å². The van der Waals surface area contributed by atoms with Crippen LogP contribution < -0.4 is 10.4 Å². The van der Waals surface area contributed by atoms with E-state index in [1.54, 1.807) is 24.3 Å². The topological polar surface area (TPSA) is 59.7 Å². The molecule has 0 saturated carbocycles. The number of fused-ring (bicyclic) bond motifs is 3. The zero-order chi connectivity index (χ0) is 13.6. The lowest BCUT2D eigenvalue weighted by Crippen LogP contribution is -2.38. The first kappa shape index (κ1) is 12.0. The minimum atomic E-state index is -0.958. The molecule has 1 N–H and O–H groups in total. The van der Waals surface area contributed by atoms with Gasteiger partial charge < -0.3 is 14.3 Å². The molecule has 1 aromatic carbocycles. The molecule has 0 radical (unpaired) electrons. The molecule has 1 aromatic heterocycles. The van der Waals surface area contributed by atoms with Gasteiger partial charge in [-0.3, -0.25) is 0 Å². The van der Waals surface area contributed by atoms with E-state index in [-0.39, 0.29) is 6.42 Å². The SMILES string of the molecule is C=C[C@@]1(C)CC(O)Oc2c1c(=O)oc1ccccc21. The summed E-state index contributed by atoms with van der Waals surface area (Å²) in [6, 6.07) is 7.12. The van der Waals surface area contributed by atoms with E-state index in [0.29, 0.717) is 22.3 Å². The van der Waals surface area contributed by atoms with E-state index in [0.717, 1.165) is 0 Å². The normalized spacial score (nSPS) is 25.7. The van der Waals surface area contributed by atoms with E-state index in [9.17, 15) is 9.90 Å². The van der Waals surface area contributed by atoms with Gasteiger partial charge in [-0.15, -0.1) is 6.58 Å². The van der Waals surface area contributed by atoms with Crippen LogP contribution in [0.1, 0.15) is 18.9 Å². The van der Waals surface area contributed by atoms with Crippen molar-refractivity contribution >= 4 is 11.0 Å². The highest BCUT2D eigenvalue weighted by atomic mass is 16.6. The Bertz CT molecular complexity index is 716. The van der Waals surface area contributed by atoms with Crippen molar-refractivity contribution in [2.45, 2.75) is 25.0 Å². The Morgan fingerprint density at radius 1 is 1.47 bits per heavy atom. The van der Waals surface area contributed by atoms with Crippen LogP contribution in [-0.4, -0.2) is 11.4 Å². The molecule has 0 fully saturated rings. The minimum Gasteiger partial charge on any atom is -0.464 e. The summed E-state index contributed by atoms with van der Waals surface area (Å²) in [7, 11) is 0. The zero-order valence-electron chi connectivity index (χ0n) is 10.6. The molecule has 3 rings (SSSR count). The Labute approximate surface area is 109 Å². The maximum atomic E-state index is 12.2. The van der Waals surface area contributed by atoms with Crippen LogP contribution in [-0.2, 0) is 5.41 Å². The summed E-state index contributed by atoms with van der Waals surface area (Å²) >= 11 is 0. The highest BCUT2D eigenvalue weighted by Crippen LogP contribution is 2.42. The Morgan fingerprint density at radius 2 is 2.21 bits per heavy atom. The Hall–Kier alpha value is -2.07. The first-order valence-electron chi connectivity index (χ1n) is 6.10. The van der Waals surface area contributed by atoms with E-state index < -0.39 is 17.3 Å². The highest BCUT2D eigenvalue weighted by Gasteiger charge is 2.39.